The van der Waals surface area contributed by atoms with Gasteiger partial charge < -0.3 is 10.1 Å². The first-order chi connectivity index (χ1) is 7.70. The molecule has 0 saturated heterocycles. The third kappa shape index (κ3) is 3.22. The number of benzene rings is 1. The molecule has 0 amide bonds. The Kier molecular flexibility index (Phi) is 4.27. The fourth-order valence-corrected chi connectivity index (χ4v) is 3.02. The predicted octanol–water partition coefficient (Wildman–Crippen LogP) is 3.86. The SMILES string of the molecule is CCOc1c(Br)cc(Br)cc1CNC1CC1. The molecule has 0 atom stereocenters. The van der Waals surface area contributed by atoms with E-state index in [9.17, 15) is 0 Å². The van der Waals surface area contributed by atoms with E-state index in [4.69, 9.17) is 4.74 Å². The molecule has 0 aliphatic heterocycles. The Morgan fingerprint density at radius 2 is 2.12 bits per heavy atom. The van der Waals surface area contributed by atoms with Crippen LogP contribution < -0.4 is 10.1 Å². The van der Waals surface area contributed by atoms with E-state index >= 15 is 0 Å². The number of ether oxygens (including phenoxy) is 1. The average Bonchev–Trinajstić information content (AvgIpc) is 3.03. The number of hydrogen-bond acceptors (Lipinski definition) is 2. The summed E-state index contributed by atoms with van der Waals surface area (Å²) in [5.74, 6) is 0.957. The minimum atomic E-state index is 0.691. The summed E-state index contributed by atoms with van der Waals surface area (Å²) in [6.45, 7) is 3.57. The van der Waals surface area contributed by atoms with E-state index in [1.54, 1.807) is 0 Å². The summed E-state index contributed by atoms with van der Waals surface area (Å²) in [6, 6.07) is 4.85. The van der Waals surface area contributed by atoms with Crippen molar-refractivity contribution in [1.29, 1.82) is 0 Å². The second-order valence-electron chi connectivity index (χ2n) is 3.96. The first-order valence-corrected chi connectivity index (χ1v) is 7.13. The van der Waals surface area contributed by atoms with E-state index in [0.29, 0.717) is 12.6 Å². The lowest BCUT2D eigenvalue weighted by Crippen LogP contribution is -2.16. The average molecular weight is 349 g/mol. The first-order valence-electron chi connectivity index (χ1n) is 5.54. The molecule has 0 bridgehead atoms. The summed E-state index contributed by atoms with van der Waals surface area (Å²) in [4.78, 5) is 0. The zero-order valence-electron chi connectivity index (χ0n) is 9.22. The van der Waals surface area contributed by atoms with Crippen molar-refractivity contribution in [3.63, 3.8) is 0 Å². The van der Waals surface area contributed by atoms with Gasteiger partial charge in [0.05, 0.1) is 11.1 Å². The van der Waals surface area contributed by atoms with Crippen LogP contribution >= 0.6 is 31.9 Å². The van der Waals surface area contributed by atoms with Gasteiger partial charge in [-0.1, -0.05) is 15.9 Å². The topological polar surface area (TPSA) is 21.3 Å². The van der Waals surface area contributed by atoms with Gasteiger partial charge in [-0.25, -0.2) is 0 Å². The van der Waals surface area contributed by atoms with E-state index in [0.717, 1.165) is 21.2 Å². The van der Waals surface area contributed by atoms with Gasteiger partial charge in [0, 0.05) is 22.6 Å². The van der Waals surface area contributed by atoms with Crippen molar-refractivity contribution in [2.24, 2.45) is 0 Å². The first kappa shape index (κ1) is 12.4. The van der Waals surface area contributed by atoms with Gasteiger partial charge in [0.15, 0.2) is 0 Å². The largest absolute Gasteiger partial charge is 0.492 e. The highest BCUT2D eigenvalue weighted by Gasteiger charge is 2.21. The van der Waals surface area contributed by atoms with E-state index < -0.39 is 0 Å². The molecule has 1 aromatic rings. The summed E-state index contributed by atoms with van der Waals surface area (Å²) in [5.41, 5.74) is 1.20. The Bertz CT molecular complexity index is 378. The summed E-state index contributed by atoms with van der Waals surface area (Å²) in [7, 11) is 0. The van der Waals surface area contributed by atoms with Crippen LogP contribution in [0.3, 0.4) is 0 Å². The number of hydrogen-bond donors (Lipinski definition) is 1. The molecule has 16 heavy (non-hydrogen) atoms. The number of nitrogens with one attached hydrogen (secondary N) is 1. The van der Waals surface area contributed by atoms with Crippen molar-refractivity contribution in [2.75, 3.05) is 6.61 Å². The molecule has 4 heteroatoms. The summed E-state index contributed by atoms with van der Waals surface area (Å²) >= 11 is 7.05. The lowest BCUT2D eigenvalue weighted by Gasteiger charge is -2.13. The monoisotopic (exact) mass is 347 g/mol. The minimum absolute atomic E-state index is 0.691. The van der Waals surface area contributed by atoms with Crippen molar-refractivity contribution in [3.8, 4) is 5.75 Å². The molecule has 1 aromatic carbocycles. The minimum Gasteiger partial charge on any atom is -0.492 e. The fraction of sp³-hybridized carbons (Fsp3) is 0.500. The van der Waals surface area contributed by atoms with Crippen LogP contribution in [0.4, 0.5) is 0 Å². The smallest absolute Gasteiger partial charge is 0.138 e. The molecule has 0 heterocycles. The Morgan fingerprint density at radius 1 is 1.38 bits per heavy atom. The van der Waals surface area contributed by atoms with Crippen LogP contribution in [0.25, 0.3) is 0 Å². The molecule has 2 nitrogen and oxygen atoms in total. The van der Waals surface area contributed by atoms with E-state index in [-0.39, 0.29) is 0 Å². The van der Waals surface area contributed by atoms with Gasteiger partial charge in [-0.05, 0) is 47.8 Å². The molecule has 0 spiro atoms. The lowest BCUT2D eigenvalue weighted by atomic mass is 10.2. The van der Waals surface area contributed by atoms with Gasteiger partial charge in [-0.3, -0.25) is 0 Å². The Hall–Kier alpha value is -0.0600. The van der Waals surface area contributed by atoms with Gasteiger partial charge in [-0.15, -0.1) is 0 Å². The summed E-state index contributed by atoms with van der Waals surface area (Å²) in [6.07, 6.45) is 2.61. The molecule has 0 unspecified atom stereocenters. The molecular formula is C12H15Br2NO. The van der Waals surface area contributed by atoms with Gasteiger partial charge in [-0.2, -0.15) is 0 Å². The van der Waals surface area contributed by atoms with Crippen molar-refractivity contribution >= 4 is 31.9 Å². The molecule has 1 N–H and O–H groups in total. The van der Waals surface area contributed by atoms with Gasteiger partial charge in [0.2, 0.25) is 0 Å². The van der Waals surface area contributed by atoms with Gasteiger partial charge in [0.1, 0.15) is 5.75 Å². The highest BCUT2D eigenvalue weighted by atomic mass is 79.9. The Morgan fingerprint density at radius 3 is 2.75 bits per heavy atom. The standard InChI is InChI=1S/C12H15Br2NO/c1-2-16-12-8(7-15-10-3-4-10)5-9(13)6-11(12)14/h5-6,10,15H,2-4,7H2,1H3. The quantitative estimate of drug-likeness (QED) is 0.872. The lowest BCUT2D eigenvalue weighted by molar-refractivity contribution is 0.333. The zero-order chi connectivity index (χ0) is 11.5. The van der Waals surface area contributed by atoms with Crippen LogP contribution in [-0.4, -0.2) is 12.6 Å². The van der Waals surface area contributed by atoms with Gasteiger partial charge >= 0.3 is 0 Å². The van der Waals surface area contributed by atoms with Crippen LogP contribution in [0.2, 0.25) is 0 Å². The maximum absolute atomic E-state index is 5.67. The van der Waals surface area contributed by atoms with Crippen molar-refractivity contribution in [1.82, 2.24) is 5.32 Å². The molecule has 0 aromatic heterocycles. The van der Waals surface area contributed by atoms with Crippen LogP contribution in [0.15, 0.2) is 21.1 Å². The second kappa shape index (κ2) is 5.52. The van der Waals surface area contributed by atoms with E-state index in [2.05, 4.69) is 43.2 Å². The Balaban J connectivity index is 2.16. The molecule has 2 rings (SSSR count). The second-order valence-corrected chi connectivity index (χ2v) is 5.73. The third-order valence-corrected chi connectivity index (χ3v) is 3.58. The molecule has 0 radical (unpaired) electrons. The Labute approximate surface area is 113 Å². The van der Waals surface area contributed by atoms with Crippen LogP contribution in [0, 0.1) is 0 Å². The van der Waals surface area contributed by atoms with E-state index in [1.165, 1.54) is 18.4 Å². The molecule has 1 fully saturated rings. The summed E-state index contributed by atoms with van der Waals surface area (Å²) in [5, 5.41) is 3.50. The van der Waals surface area contributed by atoms with Crippen LogP contribution in [-0.2, 0) is 6.54 Å². The number of halogens is 2. The van der Waals surface area contributed by atoms with Crippen LogP contribution in [0.1, 0.15) is 25.3 Å². The maximum Gasteiger partial charge on any atom is 0.138 e. The zero-order valence-corrected chi connectivity index (χ0v) is 12.4. The van der Waals surface area contributed by atoms with Gasteiger partial charge in [0.25, 0.3) is 0 Å². The predicted molar refractivity (Wildman–Crippen MR) is 72.9 cm³/mol. The molecule has 1 saturated carbocycles. The third-order valence-electron chi connectivity index (χ3n) is 2.53. The highest BCUT2D eigenvalue weighted by molar-refractivity contribution is 9.11. The molecular weight excluding hydrogens is 334 g/mol. The number of rotatable bonds is 5. The van der Waals surface area contributed by atoms with Crippen molar-refractivity contribution in [3.05, 3.63) is 26.6 Å². The summed E-state index contributed by atoms with van der Waals surface area (Å²) < 4.78 is 7.76. The fourth-order valence-electron chi connectivity index (χ4n) is 1.59. The molecule has 1 aliphatic rings. The van der Waals surface area contributed by atoms with E-state index in [1.807, 2.05) is 13.0 Å². The highest BCUT2D eigenvalue weighted by Crippen LogP contribution is 2.33. The van der Waals surface area contributed by atoms with Crippen molar-refractivity contribution < 1.29 is 4.74 Å². The van der Waals surface area contributed by atoms with Crippen molar-refractivity contribution in [2.45, 2.75) is 32.4 Å². The maximum atomic E-state index is 5.67. The molecule has 1 aliphatic carbocycles. The normalized spacial score (nSPS) is 15.2. The van der Waals surface area contributed by atoms with Crippen LogP contribution in [0.5, 0.6) is 5.75 Å². The molecule has 88 valence electrons.